The predicted octanol–water partition coefficient (Wildman–Crippen LogP) is 2.15. The topological polar surface area (TPSA) is 85.3 Å². The summed E-state index contributed by atoms with van der Waals surface area (Å²) >= 11 is 1.53. The summed E-state index contributed by atoms with van der Waals surface area (Å²) in [7, 11) is -3.60. The Morgan fingerprint density at radius 2 is 2.26 bits per heavy atom. The smallest absolute Gasteiger partial charge is 0.244 e. The number of furan rings is 1. The number of rotatable bonds is 5. The molecule has 2 rings (SSSR count). The molecule has 1 unspecified atom stereocenters. The molecule has 0 aliphatic rings. The van der Waals surface area contributed by atoms with E-state index in [4.69, 9.17) is 10.2 Å². The van der Waals surface area contributed by atoms with Crippen LogP contribution in [0.5, 0.6) is 0 Å². The fourth-order valence-corrected chi connectivity index (χ4v) is 3.97. The first-order chi connectivity index (χ1) is 8.94. The van der Waals surface area contributed by atoms with Crippen LogP contribution in [0.25, 0.3) is 0 Å². The Labute approximate surface area is 116 Å². The van der Waals surface area contributed by atoms with Crippen molar-refractivity contribution in [3.8, 4) is 0 Å². The molecule has 19 heavy (non-hydrogen) atoms. The van der Waals surface area contributed by atoms with E-state index in [0.717, 1.165) is 5.56 Å². The van der Waals surface area contributed by atoms with Crippen LogP contribution in [-0.2, 0) is 16.6 Å². The Bertz CT molecular complexity index is 645. The lowest BCUT2D eigenvalue weighted by molar-refractivity contribution is 0.478. The number of hydrogen-bond donors (Lipinski definition) is 2. The van der Waals surface area contributed by atoms with Gasteiger partial charge in [-0.05, 0) is 36.2 Å². The van der Waals surface area contributed by atoms with Crippen molar-refractivity contribution in [3.63, 3.8) is 0 Å². The molecule has 0 bridgehead atoms. The second-order valence-electron chi connectivity index (χ2n) is 4.24. The summed E-state index contributed by atoms with van der Waals surface area (Å²) in [6.45, 7) is 3.60. The van der Waals surface area contributed by atoms with Gasteiger partial charge < -0.3 is 10.2 Å². The standard InChI is InChI=1S/C12H16N2O3S2/c1-8(10-3-4-18-7-10)14-19(15,16)12-5-11(6-13)17-9(12)2/h3-5,7-8,14H,6,13H2,1-2H3. The van der Waals surface area contributed by atoms with Gasteiger partial charge in [0, 0.05) is 12.1 Å². The van der Waals surface area contributed by atoms with Gasteiger partial charge in [0.05, 0.1) is 6.54 Å². The van der Waals surface area contributed by atoms with Crippen LogP contribution in [-0.4, -0.2) is 8.42 Å². The maximum Gasteiger partial charge on any atom is 0.244 e. The molecule has 2 heterocycles. The minimum atomic E-state index is -3.60. The van der Waals surface area contributed by atoms with Gasteiger partial charge in [-0.2, -0.15) is 11.3 Å². The van der Waals surface area contributed by atoms with E-state index in [-0.39, 0.29) is 17.5 Å². The molecule has 104 valence electrons. The van der Waals surface area contributed by atoms with Crippen molar-refractivity contribution in [3.05, 3.63) is 40.0 Å². The molecule has 0 fully saturated rings. The molecule has 2 aromatic heterocycles. The van der Waals surface area contributed by atoms with Gasteiger partial charge in [0.25, 0.3) is 0 Å². The third-order valence-electron chi connectivity index (χ3n) is 2.79. The molecule has 0 amide bonds. The molecular weight excluding hydrogens is 284 g/mol. The van der Waals surface area contributed by atoms with Crippen molar-refractivity contribution in [1.29, 1.82) is 0 Å². The van der Waals surface area contributed by atoms with E-state index in [9.17, 15) is 8.42 Å². The number of hydrogen-bond acceptors (Lipinski definition) is 5. The zero-order valence-electron chi connectivity index (χ0n) is 10.7. The van der Waals surface area contributed by atoms with E-state index in [1.54, 1.807) is 13.8 Å². The lowest BCUT2D eigenvalue weighted by Crippen LogP contribution is -2.26. The van der Waals surface area contributed by atoms with Crippen LogP contribution in [0.1, 0.15) is 30.0 Å². The van der Waals surface area contributed by atoms with Crippen LogP contribution >= 0.6 is 11.3 Å². The largest absolute Gasteiger partial charge is 0.464 e. The highest BCUT2D eigenvalue weighted by Crippen LogP contribution is 2.23. The van der Waals surface area contributed by atoms with E-state index >= 15 is 0 Å². The second-order valence-corrected chi connectivity index (χ2v) is 6.70. The molecule has 0 aliphatic heterocycles. The highest BCUT2D eigenvalue weighted by Gasteiger charge is 2.23. The molecule has 0 spiro atoms. The lowest BCUT2D eigenvalue weighted by Gasteiger charge is -2.12. The fourth-order valence-electron chi connectivity index (χ4n) is 1.78. The van der Waals surface area contributed by atoms with E-state index < -0.39 is 10.0 Å². The van der Waals surface area contributed by atoms with E-state index in [1.807, 2.05) is 16.8 Å². The molecule has 3 N–H and O–H groups in total. The average Bonchev–Trinajstić information content (AvgIpc) is 2.96. The van der Waals surface area contributed by atoms with Crippen molar-refractivity contribution < 1.29 is 12.8 Å². The van der Waals surface area contributed by atoms with Crippen molar-refractivity contribution in [2.75, 3.05) is 0 Å². The molecule has 1 atom stereocenters. The van der Waals surface area contributed by atoms with E-state index in [1.165, 1.54) is 17.4 Å². The predicted molar refractivity (Wildman–Crippen MR) is 74.4 cm³/mol. The summed E-state index contributed by atoms with van der Waals surface area (Å²) in [5.74, 6) is 0.812. The van der Waals surface area contributed by atoms with E-state index in [0.29, 0.717) is 11.5 Å². The lowest BCUT2D eigenvalue weighted by atomic mass is 10.2. The number of nitrogens with two attached hydrogens (primary N) is 1. The minimum Gasteiger partial charge on any atom is -0.464 e. The van der Waals surface area contributed by atoms with Crippen molar-refractivity contribution in [1.82, 2.24) is 4.72 Å². The average molecular weight is 300 g/mol. The van der Waals surface area contributed by atoms with Crippen molar-refractivity contribution in [2.24, 2.45) is 5.73 Å². The van der Waals surface area contributed by atoms with Crippen LogP contribution in [0.15, 0.2) is 32.2 Å². The van der Waals surface area contributed by atoms with Gasteiger partial charge in [0.2, 0.25) is 10.0 Å². The van der Waals surface area contributed by atoms with Crippen LogP contribution in [0.3, 0.4) is 0 Å². The summed E-state index contributed by atoms with van der Waals surface area (Å²) in [6, 6.07) is 3.08. The van der Waals surface area contributed by atoms with Gasteiger partial charge in [0.15, 0.2) is 0 Å². The van der Waals surface area contributed by atoms with Gasteiger partial charge >= 0.3 is 0 Å². The first kappa shape index (κ1) is 14.3. The Kier molecular flexibility index (Phi) is 4.10. The zero-order chi connectivity index (χ0) is 14.0. The van der Waals surface area contributed by atoms with Gasteiger partial charge in [-0.1, -0.05) is 0 Å². The summed E-state index contributed by atoms with van der Waals surface area (Å²) in [5, 5.41) is 3.83. The molecule has 5 nitrogen and oxygen atoms in total. The van der Waals surface area contributed by atoms with Gasteiger partial charge in [-0.15, -0.1) is 0 Å². The summed E-state index contributed by atoms with van der Waals surface area (Å²) < 4.78 is 32.5. The van der Waals surface area contributed by atoms with Crippen molar-refractivity contribution in [2.45, 2.75) is 31.3 Å². The Balaban J connectivity index is 2.25. The molecule has 0 saturated heterocycles. The quantitative estimate of drug-likeness (QED) is 0.886. The summed E-state index contributed by atoms with van der Waals surface area (Å²) in [4.78, 5) is 0.148. The first-order valence-corrected chi connectivity index (χ1v) is 8.20. The fraction of sp³-hybridized carbons (Fsp3) is 0.333. The first-order valence-electron chi connectivity index (χ1n) is 5.78. The summed E-state index contributed by atoms with van der Waals surface area (Å²) in [6.07, 6.45) is 0. The third kappa shape index (κ3) is 3.06. The van der Waals surface area contributed by atoms with Gasteiger partial charge in [-0.25, -0.2) is 13.1 Å². The monoisotopic (exact) mass is 300 g/mol. The van der Waals surface area contributed by atoms with Crippen LogP contribution in [0.4, 0.5) is 0 Å². The van der Waals surface area contributed by atoms with Crippen LogP contribution in [0.2, 0.25) is 0 Å². The normalized spacial score (nSPS) is 13.6. The summed E-state index contributed by atoms with van der Waals surface area (Å²) in [5.41, 5.74) is 6.38. The molecule has 0 radical (unpaired) electrons. The van der Waals surface area contributed by atoms with Gasteiger partial charge in [-0.3, -0.25) is 0 Å². The molecule has 7 heteroatoms. The van der Waals surface area contributed by atoms with Gasteiger partial charge in [0.1, 0.15) is 16.4 Å². The Morgan fingerprint density at radius 3 is 2.79 bits per heavy atom. The maximum absolute atomic E-state index is 12.3. The van der Waals surface area contributed by atoms with Crippen LogP contribution < -0.4 is 10.5 Å². The van der Waals surface area contributed by atoms with E-state index in [2.05, 4.69) is 4.72 Å². The number of thiophene rings is 1. The molecule has 0 aliphatic carbocycles. The molecule has 2 aromatic rings. The zero-order valence-corrected chi connectivity index (χ0v) is 12.3. The second kappa shape index (κ2) is 5.46. The highest BCUT2D eigenvalue weighted by atomic mass is 32.2. The van der Waals surface area contributed by atoms with Crippen LogP contribution in [0, 0.1) is 6.92 Å². The highest BCUT2D eigenvalue weighted by molar-refractivity contribution is 7.89. The SMILES string of the molecule is Cc1oc(CN)cc1S(=O)(=O)NC(C)c1ccsc1. The number of nitrogens with one attached hydrogen (secondary N) is 1. The molecular formula is C12H16N2O3S2. The van der Waals surface area contributed by atoms with Crippen molar-refractivity contribution >= 4 is 21.4 Å². The Hall–Kier alpha value is -1.15. The Morgan fingerprint density at radius 1 is 1.53 bits per heavy atom. The third-order valence-corrected chi connectivity index (χ3v) is 5.14. The minimum absolute atomic E-state index is 0.148. The number of aryl methyl sites for hydroxylation is 1. The number of sulfonamides is 1. The molecule has 0 aromatic carbocycles. The molecule has 0 saturated carbocycles. The maximum atomic E-state index is 12.3.